The van der Waals surface area contributed by atoms with Crippen molar-refractivity contribution in [2.24, 2.45) is 10.8 Å². The number of ether oxygens (including phenoxy) is 1. The van der Waals surface area contributed by atoms with Crippen LogP contribution in [0.15, 0.2) is 83.9 Å². The van der Waals surface area contributed by atoms with E-state index in [4.69, 9.17) is 22.2 Å². The van der Waals surface area contributed by atoms with Crippen molar-refractivity contribution in [2.45, 2.75) is 12.3 Å². The molecule has 1 unspecified atom stereocenters. The van der Waals surface area contributed by atoms with E-state index in [1.807, 2.05) is 36.4 Å². The molecule has 4 rings (SSSR count). The molecule has 158 valence electrons. The number of carbonyl (C=O) groups excluding carboxylic acids is 1. The molecule has 0 saturated carbocycles. The summed E-state index contributed by atoms with van der Waals surface area (Å²) in [5.74, 6) is 6.58. The molecule has 8 heteroatoms. The SMILES string of the molecule is NN1C(CNC(=O)OCc2ccccc2)=Nc2ccc(Cl)cc2C1(O)c1ccccc1. The molecule has 0 saturated heterocycles. The maximum Gasteiger partial charge on any atom is 0.407 e. The van der Waals surface area contributed by atoms with E-state index >= 15 is 0 Å². The minimum Gasteiger partial charge on any atom is -0.445 e. The highest BCUT2D eigenvalue weighted by Crippen LogP contribution is 2.41. The molecule has 0 radical (unpaired) electrons. The molecule has 1 aliphatic rings. The van der Waals surface area contributed by atoms with Crippen LogP contribution < -0.4 is 11.2 Å². The fourth-order valence-electron chi connectivity index (χ4n) is 3.41. The Kier molecular flexibility index (Phi) is 5.90. The summed E-state index contributed by atoms with van der Waals surface area (Å²) < 4.78 is 5.23. The Hall–Kier alpha value is -3.39. The predicted molar refractivity (Wildman–Crippen MR) is 119 cm³/mol. The molecule has 0 aliphatic carbocycles. The van der Waals surface area contributed by atoms with Crippen molar-refractivity contribution in [3.63, 3.8) is 0 Å². The molecule has 3 aromatic rings. The number of nitrogens with one attached hydrogen (secondary N) is 1. The minimum absolute atomic E-state index is 0.0403. The molecule has 0 aromatic heterocycles. The number of halogens is 1. The number of amidine groups is 1. The summed E-state index contributed by atoms with van der Waals surface area (Å²) in [4.78, 5) is 16.7. The summed E-state index contributed by atoms with van der Waals surface area (Å²) in [6, 6.07) is 23.3. The van der Waals surface area contributed by atoms with Gasteiger partial charge in [0.05, 0.1) is 12.2 Å². The summed E-state index contributed by atoms with van der Waals surface area (Å²) in [6.07, 6.45) is -0.620. The number of aliphatic hydroxyl groups is 1. The second-order valence-electron chi connectivity index (χ2n) is 7.01. The summed E-state index contributed by atoms with van der Waals surface area (Å²) in [7, 11) is 0. The van der Waals surface area contributed by atoms with Gasteiger partial charge in [0.15, 0.2) is 0 Å². The molecule has 3 aromatic carbocycles. The Balaban J connectivity index is 1.55. The van der Waals surface area contributed by atoms with Gasteiger partial charge >= 0.3 is 6.09 Å². The van der Waals surface area contributed by atoms with Crippen LogP contribution in [0.4, 0.5) is 10.5 Å². The summed E-state index contributed by atoms with van der Waals surface area (Å²) >= 11 is 6.17. The van der Waals surface area contributed by atoms with Gasteiger partial charge in [0.2, 0.25) is 5.72 Å². The molecule has 1 aliphatic heterocycles. The molecule has 1 heterocycles. The Morgan fingerprint density at radius 3 is 2.48 bits per heavy atom. The zero-order valence-corrected chi connectivity index (χ0v) is 17.3. The highest BCUT2D eigenvalue weighted by Gasteiger charge is 2.43. The third-order valence-electron chi connectivity index (χ3n) is 4.99. The third kappa shape index (κ3) is 4.25. The van der Waals surface area contributed by atoms with Crippen molar-refractivity contribution in [1.29, 1.82) is 0 Å². The van der Waals surface area contributed by atoms with Gasteiger partial charge in [0.25, 0.3) is 0 Å². The average molecular weight is 437 g/mol. The second-order valence-corrected chi connectivity index (χ2v) is 7.45. The number of alkyl carbamates (subject to hydrolysis) is 1. The quantitative estimate of drug-likeness (QED) is 0.530. The lowest BCUT2D eigenvalue weighted by Crippen LogP contribution is -2.58. The van der Waals surface area contributed by atoms with Crippen molar-refractivity contribution < 1.29 is 14.6 Å². The lowest BCUT2D eigenvalue weighted by Gasteiger charge is -2.42. The smallest absolute Gasteiger partial charge is 0.407 e. The van der Waals surface area contributed by atoms with Crippen LogP contribution in [-0.2, 0) is 17.1 Å². The number of carbonyl (C=O) groups is 1. The number of hydrogen-bond acceptors (Lipinski definition) is 6. The molecule has 7 nitrogen and oxygen atoms in total. The number of hydrazine groups is 1. The number of nitrogens with zero attached hydrogens (tertiary/aromatic N) is 2. The van der Waals surface area contributed by atoms with E-state index in [0.29, 0.717) is 21.8 Å². The van der Waals surface area contributed by atoms with Gasteiger partial charge in [-0.3, -0.25) is 5.01 Å². The van der Waals surface area contributed by atoms with Crippen LogP contribution in [-0.4, -0.2) is 28.6 Å². The fourth-order valence-corrected chi connectivity index (χ4v) is 3.58. The van der Waals surface area contributed by atoms with Crippen molar-refractivity contribution >= 4 is 29.2 Å². The van der Waals surface area contributed by atoms with Gasteiger partial charge in [-0.1, -0.05) is 72.3 Å². The number of aliphatic imine (C=N–C) groups is 1. The van der Waals surface area contributed by atoms with Crippen LogP contribution in [0.3, 0.4) is 0 Å². The van der Waals surface area contributed by atoms with E-state index in [0.717, 1.165) is 10.6 Å². The largest absolute Gasteiger partial charge is 0.445 e. The Morgan fingerprint density at radius 2 is 1.77 bits per heavy atom. The first-order valence-electron chi connectivity index (χ1n) is 9.63. The zero-order chi connectivity index (χ0) is 21.8. The van der Waals surface area contributed by atoms with E-state index in [-0.39, 0.29) is 19.0 Å². The lowest BCUT2D eigenvalue weighted by molar-refractivity contribution is -0.0417. The third-order valence-corrected chi connectivity index (χ3v) is 5.23. The summed E-state index contributed by atoms with van der Waals surface area (Å²) in [5.41, 5.74) is 0.655. The molecule has 0 fully saturated rings. The molecule has 0 bridgehead atoms. The van der Waals surface area contributed by atoms with Gasteiger partial charge in [-0.25, -0.2) is 15.6 Å². The number of rotatable bonds is 5. The normalized spacial score (nSPS) is 17.5. The molecule has 1 atom stereocenters. The van der Waals surface area contributed by atoms with E-state index < -0.39 is 11.8 Å². The standard InChI is InChI=1S/C23H21ClN4O3/c24-18-11-12-20-19(13-18)23(30,17-9-5-2-6-10-17)28(25)21(27-20)14-26-22(29)31-15-16-7-3-1-4-8-16/h1-13,30H,14-15,25H2,(H,26,29). The van der Waals surface area contributed by atoms with Crippen molar-refractivity contribution in [3.05, 3.63) is 101 Å². The van der Waals surface area contributed by atoms with E-state index in [9.17, 15) is 9.90 Å². The number of benzene rings is 3. The zero-order valence-electron chi connectivity index (χ0n) is 16.5. The van der Waals surface area contributed by atoms with Gasteiger partial charge in [0.1, 0.15) is 12.4 Å². The van der Waals surface area contributed by atoms with Crippen LogP contribution in [0, 0.1) is 0 Å². The molecule has 0 spiro atoms. The fraction of sp³-hybridized carbons (Fsp3) is 0.130. The van der Waals surface area contributed by atoms with E-state index in [2.05, 4.69) is 10.3 Å². The van der Waals surface area contributed by atoms with Gasteiger partial charge < -0.3 is 15.2 Å². The van der Waals surface area contributed by atoms with Gasteiger partial charge in [-0.2, -0.15) is 0 Å². The van der Waals surface area contributed by atoms with Gasteiger partial charge in [0, 0.05) is 16.1 Å². The number of nitrogens with two attached hydrogens (primary N) is 1. The predicted octanol–water partition coefficient (Wildman–Crippen LogP) is 3.68. The number of fused-ring (bicyclic) bond motifs is 1. The Labute approximate surface area is 184 Å². The van der Waals surface area contributed by atoms with Gasteiger partial charge in [-0.15, -0.1) is 0 Å². The van der Waals surface area contributed by atoms with Crippen LogP contribution in [0.25, 0.3) is 0 Å². The van der Waals surface area contributed by atoms with Crippen LogP contribution in [0.2, 0.25) is 5.02 Å². The highest BCUT2D eigenvalue weighted by molar-refractivity contribution is 6.30. The van der Waals surface area contributed by atoms with Crippen LogP contribution in [0.1, 0.15) is 16.7 Å². The van der Waals surface area contributed by atoms with E-state index in [1.54, 1.807) is 42.5 Å². The average Bonchev–Trinajstić information content (AvgIpc) is 2.81. The maximum absolute atomic E-state index is 12.2. The minimum atomic E-state index is -1.71. The number of amides is 1. The van der Waals surface area contributed by atoms with Gasteiger partial charge in [-0.05, 0) is 23.8 Å². The van der Waals surface area contributed by atoms with Crippen LogP contribution >= 0.6 is 11.6 Å². The lowest BCUT2D eigenvalue weighted by atomic mass is 9.91. The monoisotopic (exact) mass is 436 g/mol. The maximum atomic E-state index is 12.2. The second kappa shape index (κ2) is 8.77. The molecule has 4 N–H and O–H groups in total. The molecule has 1 amide bonds. The first-order valence-corrected chi connectivity index (χ1v) is 10.0. The van der Waals surface area contributed by atoms with Crippen molar-refractivity contribution in [1.82, 2.24) is 10.3 Å². The van der Waals surface area contributed by atoms with E-state index in [1.165, 1.54) is 0 Å². The summed E-state index contributed by atoms with van der Waals surface area (Å²) in [5, 5.41) is 15.9. The van der Waals surface area contributed by atoms with Crippen LogP contribution in [0.5, 0.6) is 0 Å². The Bertz CT molecular complexity index is 1110. The number of hydrogen-bond donors (Lipinski definition) is 3. The first-order chi connectivity index (χ1) is 15.0. The highest BCUT2D eigenvalue weighted by atomic mass is 35.5. The molecule has 31 heavy (non-hydrogen) atoms. The Morgan fingerprint density at radius 1 is 1.10 bits per heavy atom. The van der Waals surface area contributed by atoms with Crippen molar-refractivity contribution in [3.8, 4) is 0 Å². The van der Waals surface area contributed by atoms with Crippen molar-refractivity contribution in [2.75, 3.05) is 6.54 Å². The topological polar surface area (TPSA) is 100 Å². The molecular weight excluding hydrogens is 416 g/mol. The first kappa shape index (κ1) is 20.9. The summed E-state index contributed by atoms with van der Waals surface area (Å²) in [6.45, 7) is 0.0993. The molecular formula is C23H21ClN4O3.